The zero-order chi connectivity index (χ0) is 20.9. The van der Waals surface area contributed by atoms with Gasteiger partial charge in [0.05, 0.1) is 6.26 Å². The van der Waals surface area contributed by atoms with Crippen molar-refractivity contribution in [2.45, 2.75) is 31.7 Å². The number of carboxylic acid groups (broad SMARTS) is 1. The summed E-state index contributed by atoms with van der Waals surface area (Å²) >= 11 is 0. The first-order valence-corrected chi connectivity index (χ1v) is 11.6. The summed E-state index contributed by atoms with van der Waals surface area (Å²) in [6, 6.07) is 4.32. The molecule has 29 heavy (non-hydrogen) atoms. The molecule has 0 aliphatic carbocycles. The van der Waals surface area contributed by atoms with Crippen LogP contribution in [0.5, 0.6) is 0 Å². The lowest BCUT2D eigenvalue weighted by Crippen LogP contribution is -2.41. The Kier molecular flexibility index (Phi) is 6.86. The van der Waals surface area contributed by atoms with E-state index in [4.69, 9.17) is 9.90 Å². The van der Waals surface area contributed by atoms with E-state index in [9.17, 15) is 8.42 Å². The van der Waals surface area contributed by atoms with Crippen molar-refractivity contribution in [3.8, 4) is 0 Å². The van der Waals surface area contributed by atoms with Gasteiger partial charge in [0.15, 0.2) is 0 Å². The van der Waals surface area contributed by atoms with Crippen LogP contribution < -0.4 is 10.2 Å². The number of nitrogens with one attached hydrogen (secondary N) is 1. The number of fused-ring (bicyclic) bond motifs is 1. The van der Waals surface area contributed by atoms with Crippen molar-refractivity contribution in [3.63, 3.8) is 0 Å². The van der Waals surface area contributed by atoms with E-state index in [1.807, 2.05) is 18.5 Å². The van der Waals surface area contributed by atoms with E-state index in [1.165, 1.54) is 19.1 Å². The molecular formula is C19H27N5O4S. The van der Waals surface area contributed by atoms with Gasteiger partial charge in [-0.1, -0.05) is 0 Å². The summed E-state index contributed by atoms with van der Waals surface area (Å²) in [5.41, 5.74) is 0. The molecule has 2 saturated heterocycles. The number of aromatic nitrogens is 2. The third kappa shape index (κ3) is 5.33. The normalized spacial score (nSPS) is 18.3. The van der Waals surface area contributed by atoms with Gasteiger partial charge in [0.1, 0.15) is 11.6 Å². The molecule has 0 saturated carbocycles. The topological polar surface area (TPSA) is 116 Å². The Bertz CT molecular complexity index is 939. The molecule has 2 fully saturated rings. The average molecular weight is 422 g/mol. The number of rotatable bonds is 4. The van der Waals surface area contributed by atoms with Gasteiger partial charge in [0.2, 0.25) is 10.0 Å². The maximum Gasteiger partial charge on any atom is 0.290 e. The molecule has 9 nitrogen and oxygen atoms in total. The molecule has 2 aromatic rings. The summed E-state index contributed by atoms with van der Waals surface area (Å²) in [4.78, 5) is 19.9. The Labute approximate surface area is 170 Å². The van der Waals surface area contributed by atoms with E-state index >= 15 is 0 Å². The van der Waals surface area contributed by atoms with Gasteiger partial charge in [0.25, 0.3) is 6.47 Å². The number of hydrogen-bond donors (Lipinski definition) is 2. The summed E-state index contributed by atoms with van der Waals surface area (Å²) in [7, 11) is -3.09. The number of sulfonamides is 1. The second-order valence-electron chi connectivity index (χ2n) is 7.31. The predicted molar refractivity (Wildman–Crippen MR) is 113 cm³/mol. The van der Waals surface area contributed by atoms with E-state index in [1.54, 1.807) is 4.31 Å². The average Bonchev–Trinajstić information content (AvgIpc) is 3.22. The van der Waals surface area contributed by atoms with Gasteiger partial charge in [-0.15, -0.1) is 0 Å². The van der Waals surface area contributed by atoms with Crippen LogP contribution in [0.4, 0.5) is 11.6 Å². The van der Waals surface area contributed by atoms with Crippen molar-refractivity contribution in [1.82, 2.24) is 14.3 Å². The molecule has 0 unspecified atom stereocenters. The third-order valence-corrected chi connectivity index (χ3v) is 6.61. The Morgan fingerprint density at radius 1 is 1.17 bits per heavy atom. The van der Waals surface area contributed by atoms with Crippen molar-refractivity contribution in [2.24, 2.45) is 0 Å². The van der Waals surface area contributed by atoms with Crippen molar-refractivity contribution >= 4 is 38.9 Å². The number of piperidine rings is 1. The van der Waals surface area contributed by atoms with Crippen LogP contribution in [-0.2, 0) is 14.8 Å². The molecule has 0 amide bonds. The van der Waals surface area contributed by atoms with Gasteiger partial charge in [0, 0.05) is 55.4 Å². The highest BCUT2D eigenvalue weighted by molar-refractivity contribution is 7.88. The van der Waals surface area contributed by atoms with Gasteiger partial charge in [-0.25, -0.2) is 22.7 Å². The van der Waals surface area contributed by atoms with Crippen LogP contribution in [0.25, 0.3) is 10.8 Å². The van der Waals surface area contributed by atoms with E-state index in [-0.39, 0.29) is 12.5 Å². The Balaban J connectivity index is 0.000000755. The van der Waals surface area contributed by atoms with E-state index in [2.05, 4.69) is 26.3 Å². The minimum absolute atomic E-state index is 0.241. The number of carbonyl (C=O) groups is 1. The lowest BCUT2D eigenvalue weighted by Gasteiger charge is -2.31. The first kappa shape index (κ1) is 21.3. The van der Waals surface area contributed by atoms with Crippen LogP contribution in [0.1, 0.15) is 25.7 Å². The number of nitrogens with zero attached hydrogens (tertiary/aromatic N) is 4. The fraction of sp³-hybridized carbons (Fsp3) is 0.526. The first-order chi connectivity index (χ1) is 13.9. The van der Waals surface area contributed by atoms with Crippen LogP contribution in [-0.4, -0.2) is 72.7 Å². The van der Waals surface area contributed by atoms with Crippen molar-refractivity contribution in [3.05, 3.63) is 24.5 Å². The van der Waals surface area contributed by atoms with Gasteiger partial charge < -0.3 is 15.3 Å². The van der Waals surface area contributed by atoms with Crippen molar-refractivity contribution in [1.29, 1.82) is 0 Å². The standard InChI is InChI=1S/C18H25N5O2S.CH2O2/c1-26(24,25)23-10-5-15(6-11-23)21-17-12-16-14(13-20-17)4-7-19-18(16)22-8-2-3-9-22;2-1-3/h4,7,12-13,15H,2-3,5-6,8-11H2,1H3,(H,20,21);1H,(H,2,3). The Morgan fingerprint density at radius 3 is 2.45 bits per heavy atom. The first-order valence-electron chi connectivity index (χ1n) is 9.71. The summed E-state index contributed by atoms with van der Waals surface area (Å²) in [5.74, 6) is 1.88. The maximum absolute atomic E-state index is 11.6. The lowest BCUT2D eigenvalue weighted by atomic mass is 10.1. The monoisotopic (exact) mass is 421 g/mol. The molecule has 4 heterocycles. The SMILES string of the molecule is CS(=O)(=O)N1CCC(Nc2cc3c(N4CCCC4)nccc3cn2)CC1.O=CO. The summed E-state index contributed by atoms with van der Waals surface area (Å²) in [6.07, 6.45) is 9.03. The lowest BCUT2D eigenvalue weighted by molar-refractivity contribution is -0.122. The van der Waals surface area contributed by atoms with Gasteiger partial charge >= 0.3 is 0 Å². The number of hydrogen-bond acceptors (Lipinski definition) is 7. The molecule has 2 aromatic heterocycles. The highest BCUT2D eigenvalue weighted by Crippen LogP contribution is 2.29. The largest absolute Gasteiger partial charge is 0.483 e. The third-order valence-electron chi connectivity index (χ3n) is 5.31. The molecule has 0 bridgehead atoms. The molecule has 0 spiro atoms. The van der Waals surface area contributed by atoms with Crippen LogP contribution in [0, 0.1) is 0 Å². The molecule has 2 aliphatic rings. The van der Waals surface area contributed by atoms with Crippen molar-refractivity contribution < 1.29 is 18.3 Å². The van der Waals surface area contributed by atoms with Crippen molar-refractivity contribution in [2.75, 3.05) is 42.7 Å². The Hall–Kier alpha value is -2.46. The zero-order valence-electron chi connectivity index (χ0n) is 16.5. The number of pyridine rings is 2. The smallest absolute Gasteiger partial charge is 0.290 e. The predicted octanol–water partition coefficient (Wildman–Crippen LogP) is 1.77. The fourth-order valence-electron chi connectivity index (χ4n) is 3.85. The number of anilines is 2. The molecule has 158 valence electrons. The molecule has 0 radical (unpaired) electrons. The van der Waals surface area contributed by atoms with E-state index in [0.717, 1.165) is 48.3 Å². The molecule has 10 heteroatoms. The highest BCUT2D eigenvalue weighted by Gasteiger charge is 2.25. The highest BCUT2D eigenvalue weighted by atomic mass is 32.2. The van der Waals surface area contributed by atoms with Gasteiger partial charge in [-0.05, 0) is 37.8 Å². The van der Waals surface area contributed by atoms with E-state index in [0.29, 0.717) is 13.1 Å². The molecule has 4 rings (SSSR count). The van der Waals surface area contributed by atoms with Gasteiger partial charge in [-0.2, -0.15) is 0 Å². The zero-order valence-corrected chi connectivity index (χ0v) is 17.3. The molecule has 2 aliphatic heterocycles. The summed E-state index contributed by atoms with van der Waals surface area (Å²) in [6.45, 7) is 2.98. The molecular weight excluding hydrogens is 394 g/mol. The van der Waals surface area contributed by atoms with E-state index < -0.39 is 10.0 Å². The molecule has 0 atom stereocenters. The molecule has 0 aromatic carbocycles. The van der Waals surface area contributed by atoms with Crippen LogP contribution in [0.2, 0.25) is 0 Å². The minimum Gasteiger partial charge on any atom is -0.483 e. The maximum atomic E-state index is 11.6. The quantitative estimate of drug-likeness (QED) is 0.718. The minimum atomic E-state index is -3.09. The van der Waals surface area contributed by atoms with Crippen LogP contribution in [0.3, 0.4) is 0 Å². The van der Waals surface area contributed by atoms with Gasteiger partial charge in [-0.3, -0.25) is 4.79 Å². The second-order valence-corrected chi connectivity index (χ2v) is 9.29. The van der Waals surface area contributed by atoms with Crippen LogP contribution in [0.15, 0.2) is 24.5 Å². The Morgan fingerprint density at radius 2 is 1.83 bits per heavy atom. The van der Waals surface area contributed by atoms with Crippen LogP contribution >= 0.6 is 0 Å². The fourth-order valence-corrected chi connectivity index (χ4v) is 4.73. The second kappa shape index (κ2) is 9.36. The summed E-state index contributed by atoms with van der Waals surface area (Å²) < 4.78 is 24.8. The summed E-state index contributed by atoms with van der Waals surface area (Å²) in [5, 5.41) is 12.6. The molecule has 2 N–H and O–H groups in total.